The molecule has 0 radical (unpaired) electrons. The number of hydrogen-bond acceptors (Lipinski definition) is 5. The second-order valence-corrected chi connectivity index (χ2v) is 8.80. The van der Waals surface area contributed by atoms with Gasteiger partial charge in [-0.2, -0.15) is 0 Å². The number of nitrogens with zero attached hydrogens (tertiary/aromatic N) is 1. The van der Waals surface area contributed by atoms with Gasteiger partial charge < -0.3 is 21.0 Å². The Kier molecular flexibility index (Phi) is 7.91. The summed E-state index contributed by atoms with van der Waals surface area (Å²) in [5.41, 5.74) is 5.70. The Labute approximate surface area is 191 Å². The van der Waals surface area contributed by atoms with Crippen molar-refractivity contribution < 1.29 is 14.6 Å². The molecule has 1 saturated carbocycles. The number of primary amides is 1. The van der Waals surface area contributed by atoms with Crippen LogP contribution in [0.3, 0.4) is 0 Å². The lowest BCUT2D eigenvalue weighted by molar-refractivity contribution is -0.141. The molecule has 174 valence electrons. The van der Waals surface area contributed by atoms with Gasteiger partial charge in [0.25, 0.3) is 0 Å². The lowest BCUT2D eigenvalue weighted by atomic mass is 9.80. The van der Waals surface area contributed by atoms with E-state index in [9.17, 15) is 9.90 Å². The summed E-state index contributed by atoms with van der Waals surface area (Å²) < 4.78 is 5.30. The molecule has 1 aliphatic heterocycles. The molecule has 1 atom stereocenters. The van der Waals surface area contributed by atoms with Crippen molar-refractivity contribution in [3.63, 3.8) is 0 Å². The van der Waals surface area contributed by atoms with E-state index in [1.165, 1.54) is 0 Å². The van der Waals surface area contributed by atoms with E-state index in [2.05, 4.69) is 17.0 Å². The molecule has 4 N–H and O–H groups in total. The highest BCUT2D eigenvalue weighted by Gasteiger charge is 2.40. The van der Waals surface area contributed by atoms with E-state index in [0.717, 1.165) is 60.9 Å². The maximum atomic E-state index is 11.5. The van der Waals surface area contributed by atoms with Crippen LogP contribution in [-0.2, 0) is 4.79 Å². The average Bonchev–Trinajstić information content (AvgIpc) is 2.84. The van der Waals surface area contributed by atoms with E-state index in [1.54, 1.807) is 7.11 Å². The Morgan fingerprint density at radius 2 is 1.78 bits per heavy atom. The average molecular weight is 440 g/mol. The summed E-state index contributed by atoms with van der Waals surface area (Å²) in [6.45, 7) is 5.88. The number of aliphatic hydroxyl groups is 1. The van der Waals surface area contributed by atoms with Gasteiger partial charge in [0.05, 0.1) is 7.11 Å². The van der Waals surface area contributed by atoms with E-state index in [-0.39, 0.29) is 5.92 Å². The maximum absolute atomic E-state index is 11.5. The molecule has 1 saturated heterocycles. The zero-order valence-electron chi connectivity index (χ0n) is 19.6. The van der Waals surface area contributed by atoms with Crippen LogP contribution >= 0.6 is 0 Å². The molecule has 2 aromatic rings. The van der Waals surface area contributed by atoms with Crippen LogP contribution in [-0.4, -0.2) is 53.5 Å². The molecule has 32 heavy (non-hydrogen) atoms. The molecule has 1 unspecified atom stereocenters. The third-order valence-electron chi connectivity index (χ3n) is 6.98. The highest BCUT2D eigenvalue weighted by molar-refractivity contribution is 6.03. The van der Waals surface area contributed by atoms with Crippen molar-refractivity contribution in [1.82, 2.24) is 4.90 Å². The van der Waals surface area contributed by atoms with Crippen LogP contribution in [0, 0.1) is 11.3 Å². The summed E-state index contributed by atoms with van der Waals surface area (Å²) in [7, 11) is 1.67. The zero-order chi connectivity index (χ0) is 23.3. The topological polar surface area (TPSA) is 99.6 Å². The van der Waals surface area contributed by atoms with Gasteiger partial charge in [-0.25, -0.2) is 0 Å². The number of hydrogen-bond donors (Lipinski definition) is 3. The smallest absolute Gasteiger partial charge is 0.249 e. The van der Waals surface area contributed by atoms with Gasteiger partial charge >= 0.3 is 0 Å². The van der Waals surface area contributed by atoms with Crippen molar-refractivity contribution >= 4 is 22.4 Å². The molecule has 4 rings (SSSR count). The number of carbonyl (C=O) groups is 1. The molecule has 1 heterocycles. The first-order chi connectivity index (χ1) is 15.4. The monoisotopic (exact) mass is 439 g/mol. The van der Waals surface area contributed by atoms with Gasteiger partial charge in [-0.3, -0.25) is 9.69 Å². The predicted molar refractivity (Wildman–Crippen MR) is 129 cm³/mol. The number of nitrogens with one attached hydrogen (secondary N) is 1. The summed E-state index contributed by atoms with van der Waals surface area (Å²) in [5.74, 6) is 0.434. The SMILES string of the molecule is CC.COc1ccc2cc(C(=N)C3CCCN(C4CCC(O)(C(N)=O)CC4)C3)ccc2c1. The number of methoxy groups -OCH3 is 1. The lowest BCUT2D eigenvalue weighted by Gasteiger charge is -2.43. The Morgan fingerprint density at radius 3 is 2.44 bits per heavy atom. The molecular weight excluding hydrogens is 402 g/mol. The van der Waals surface area contributed by atoms with Crippen molar-refractivity contribution in [2.75, 3.05) is 20.2 Å². The highest BCUT2D eigenvalue weighted by atomic mass is 16.5. The van der Waals surface area contributed by atoms with Crippen LogP contribution in [0.25, 0.3) is 10.8 Å². The number of rotatable bonds is 5. The first-order valence-electron chi connectivity index (χ1n) is 11.8. The van der Waals surface area contributed by atoms with Gasteiger partial charge in [0.1, 0.15) is 11.4 Å². The minimum atomic E-state index is -1.34. The van der Waals surface area contributed by atoms with Crippen molar-refractivity contribution in [2.45, 2.75) is 64.0 Å². The number of piperidine rings is 1. The van der Waals surface area contributed by atoms with E-state index < -0.39 is 11.5 Å². The largest absolute Gasteiger partial charge is 0.497 e. The number of likely N-dealkylation sites (tertiary alicyclic amines) is 1. The highest BCUT2D eigenvalue weighted by Crippen LogP contribution is 2.33. The molecule has 1 amide bonds. The minimum Gasteiger partial charge on any atom is -0.497 e. The first kappa shape index (κ1) is 24.2. The third kappa shape index (κ3) is 5.13. The molecule has 0 spiro atoms. The zero-order valence-corrected chi connectivity index (χ0v) is 19.6. The van der Waals surface area contributed by atoms with Crippen LogP contribution in [0.2, 0.25) is 0 Å². The van der Waals surface area contributed by atoms with Crippen LogP contribution in [0.5, 0.6) is 5.75 Å². The lowest BCUT2D eigenvalue weighted by Crippen LogP contribution is -2.52. The molecule has 2 fully saturated rings. The summed E-state index contributed by atoms with van der Waals surface area (Å²) in [5, 5.41) is 21.4. The van der Waals surface area contributed by atoms with Crippen LogP contribution in [0.15, 0.2) is 36.4 Å². The number of fused-ring (bicyclic) bond motifs is 1. The quantitative estimate of drug-likeness (QED) is 0.610. The van der Waals surface area contributed by atoms with E-state index in [0.29, 0.717) is 24.6 Å². The number of benzene rings is 2. The molecular formula is C26H37N3O3. The number of amides is 1. The van der Waals surface area contributed by atoms with Gasteiger partial charge in [0.15, 0.2) is 0 Å². The van der Waals surface area contributed by atoms with Crippen molar-refractivity contribution in [3.8, 4) is 5.75 Å². The Morgan fingerprint density at radius 1 is 1.12 bits per heavy atom. The van der Waals surface area contributed by atoms with Crippen molar-refractivity contribution in [2.24, 2.45) is 11.7 Å². The van der Waals surface area contributed by atoms with E-state index >= 15 is 0 Å². The third-order valence-corrected chi connectivity index (χ3v) is 6.98. The van der Waals surface area contributed by atoms with Crippen molar-refractivity contribution in [3.05, 3.63) is 42.0 Å². The minimum absolute atomic E-state index is 0.200. The predicted octanol–water partition coefficient (Wildman–Crippen LogP) is 4.11. The first-order valence-corrected chi connectivity index (χ1v) is 11.8. The fourth-order valence-corrected chi connectivity index (χ4v) is 5.02. The molecule has 6 heteroatoms. The van der Waals surface area contributed by atoms with Gasteiger partial charge in [-0.15, -0.1) is 0 Å². The summed E-state index contributed by atoms with van der Waals surface area (Å²) in [6, 6.07) is 12.6. The fraction of sp³-hybridized carbons (Fsp3) is 0.538. The molecule has 0 aromatic heterocycles. The molecule has 2 aromatic carbocycles. The van der Waals surface area contributed by atoms with Gasteiger partial charge in [0.2, 0.25) is 5.91 Å². The standard InChI is InChI=1S/C24H31N3O3.C2H6/c1-30-21-7-6-16-13-18(5-4-17(16)14-21)22(25)19-3-2-12-27(15-19)20-8-10-24(29,11-9-20)23(26)28;1-2/h4-7,13-14,19-20,25,29H,2-3,8-12,15H2,1H3,(H2,26,28);1-2H3. The van der Waals surface area contributed by atoms with Gasteiger partial charge in [0, 0.05) is 24.2 Å². The van der Waals surface area contributed by atoms with Gasteiger partial charge in [-0.1, -0.05) is 32.0 Å². The van der Waals surface area contributed by atoms with Crippen LogP contribution < -0.4 is 10.5 Å². The number of nitrogens with two attached hydrogens (primary N) is 1. The molecule has 2 aliphatic rings. The maximum Gasteiger partial charge on any atom is 0.249 e. The number of carbonyl (C=O) groups excluding carboxylic acids is 1. The molecule has 6 nitrogen and oxygen atoms in total. The van der Waals surface area contributed by atoms with Gasteiger partial charge in [-0.05, 0) is 79.6 Å². The Bertz CT molecular complexity index is 950. The second-order valence-electron chi connectivity index (χ2n) is 8.80. The Balaban J connectivity index is 0.00000141. The van der Waals surface area contributed by atoms with Crippen molar-refractivity contribution in [1.29, 1.82) is 5.41 Å². The molecule has 0 bridgehead atoms. The summed E-state index contributed by atoms with van der Waals surface area (Å²) in [6.07, 6.45) is 4.50. The normalized spacial score (nSPS) is 26.1. The Hall–Kier alpha value is -2.44. The van der Waals surface area contributed by atoms with E-state index in [1.807, 2.05) is 38.1 Å². The second kappa shape index (κ2) is 10.5. The molecule has 1 aliphatic carbocycles. The van der Waals surface area contributed by atoms with E-state index in [4.69, 9.17) is 15.9 Å². The summed E-state index contributed by atoms with van der Waals surface area (Å²) in [4.78, 5) is 14.0. The van der Waals surface area contributed by atoms with Crippen LogP contribution in [0.1, 0.15) is 57.9 Å². The number of ether oxygens (including phenoxy) is 1. The fourth-order valence-electron chi connectivity index (χ4n) is 5.02. The summed E-state index contributed by atoms with van der Waals surface area (Å²) >= 11 is 0. The van der Waals surface area contributed by atoms with Crippen LogP contribution in [0.4, 0.5) is 0 Å².